The molecule has 2 aromatic carbocycles. The molecule has 90 valence electrons. The van der Waals surface area contributed by atoms with Crippen LogP contribution in [0.15, 0.2) is 42.5 Å². The molecular weight excluding hydrogens is 228 g/mol. The average Bonchev–Trinajstić information content (AvgIpc) is 2.59. The van der Waals surface area contributed by atoms with Crippen LogP contribution in [0.5, 0.6) is 0 Å². The first-order valence-corrected chi connectivity index (χ1v) is 5.72. The number of aliphatic hydroxyl groups is 1. The van der Waals surface area contributed by atoms with Crippen molar-refractivity contribution in [2.24, 2.45) is 0 Å². The lowest BCUT2D eigenvalue weighted by molar-refractivity contribution is 0.0696. The molecule has 0 fully saturated rings. The summed E-state index contributed by atoms with van der Waals surface area (Å²) in [4.78, 5) is 11.0. The van der Waals surface area contributed by atoms with Crippen molar-refractivity contribution in [2.45, 2.75) is 12.5 Å². The van der Waals surface area contributed by atoms with E-state index in [1.54, 1.807) is 19.1 Å². The summed E-state index contributed by atoms with van der Waals surface area (Å²) < 4.78 is 0. The van der Waals surface area contributed by atoms with Crippen molar-refractivity contribution in [1.29, 1.82) is 0 Å². The van der Waals surface area contributed by atoms with Gasteiger partial charge in [0.05, 0.1) is 5.56 Å². The largest absolute Gasteiger partial charge is 0.478 e. The molecule has 0 saturated carbocycles. The topological polar surface area (TPSA) is 57.5 Å². The fourth-order valence-electron chi connectivity index (χ4n) is 2.61. The van der Waals surface area contributed by atoms with E-state index in [1.807, 2.05) is 24.3 Å². The van der Waals surface area contributed by atoms with Crippen molar-refractivity contribution in [3.05, 3.63) is 59.2 Å². The lowest BCUT2D eigenvalue weighted by Crippen LogP contribution is -2.19. The van der Waals surface area contributed by atoms with Gasteiger partial charge in [0.25, 0.3) is 0 Å². The molecule has 0 spiro atoms. The van der Waals surface area contributed by atoms with Crippen LogP contribution in [0.2, 0.25) is 0 Å². The van der Waals surface area contributed by atoms with E-state index in [1.165, 1.54) is 6.07 Å². The second kappa shape index (κ2) is 3.43. The number of carboxylic acids is 1. The van der Waals surface area contributed by atoms with Gasteiger partial charge in [-0.1, -0.05) is 30.3 Å². The Morgan fingerprint density at radius 3 is 2.44 bits per heavy atom. The van der Waals surface area contributed by atoms with Crippen LogP contribution < -0.4 is 0 Å². The Balaban J connectivity index is 2.33. The maximum absolute atomic E-state index is 11.0. The molecule has 3 heteroatoms. The van der Waals surface area contributed by atoms with Crippen molar-refractivity contribution in [1.82, 2.24) is 0 Å². The molecule has 1 unspecified atom stereocenters. The first kappa shape index (κ1) is 11.0. The SMILES string of the molecule is CC1(O)c2ccccc2-c2cc(C(=O)O)ccc21. The molecule has 0 radical (unpaired) electrons. The number of carbonyl (C=O) groups is 1. The molecule has 0 amide bonds. The Morgan fingerprint density at radius 1 is 1.06 bits per heavy atom. The molecule has 0 heterocycles. The summed E-state index contributed by atoms with van der Waals surface area (Å²) in [7, 11) is 0. The summed E-state index contributed by atoms with van der Waals surface area (Å²) in [6.45, 7) is 1.73. The minimum absolute atomic E-state index is 0.237. The van der Waals surface area contributed by atoms with Gasteiger partial charge in [-0.2, -0.15) is 0 Å². The molecule has 1 aliphatic rings. The highest BCUT2D eigenvalue weighted by molar-refractivity contribution is 5.91. The van der Waals surface area contributed by atoms with E-state index >= 15 is 0 Å². The van der Waals surface area contributed by atoms with Crippen LogP contribution in [0.1, 0.15) is 28.4 Å². The van der Waals surface area contributed by atoms with E-state index in [2.05, 4.69) is 0 Å². The molecule has 2 N–H and O–H groups in total. The number of fused-ring (bicyclic) bond motifs is 3. The fraction of sp³-hybridized carbons (Fsp3) is 0.133. The maximum atomic E-state index is 11.0. The van der Waals surface area contributed by atoms with E-state index < -0.39 is 11.6 Å². The fourth-order valence-corrected chi connectivity index (χ4v) is 2.61. The molecule has 0 aliphatic heterocycles. The quantitative estimate of drug-likeness (QED) is 0.805. The second-order valence-corrected chi connectivity index (χ2v) is 4.68. The Bertz CT molecular complexity index is 657. The van der Waals surface area contributed by atoms with E-state index in [4.69, 9.17) is 5.11 Å². The van der Waals surface area contributed by atoms with Gasteiger partial charge in [-0.05, 0) is 41.3 Å². The van der Waals surface area contributed by atoms with Crippen LogP contribution in [0.25, 0.3) is 11.1 Å². The third-order valence-electron chi connectivity index (χ3n) is 3.53. The molecule has 0 saturated heterocycles. The third-order valence-corrected chi connectivity index (χ3v) is 3.53. The Morgan fingerprint density at radius 2 is 1.72 bits per heavy atom. The van der Waals surface area contributed by atoms with Gasteiger partial charge >= 0.3 is 5.97 Å². The van der Waals surface area contributed by atoms with Gasteiger partial charge < -0.3 is 10.2 Å². The molecule has 1 atom stereocenters. The second-order valence-electron chi connectivity index (χ2n) is 4.68. The van der Waals surface area contributed by atoms with Crippen LogP contribution in [-0.2, 0) is 5.60 Å². The highest BCUT2D eigenvalue weighted by Gasteiger charge is 2.37. The highest BCUT2D eigenvalue weighted by atomic mass is 16.4. The van der Waals surface area contributed by atoms with Gasteiger partial charge in [-0.15, -0.1) is 0 Å². The summed E-state index contributed by atoms with van der Waals surface area (Å²) in [5.41, 5.74) is 2.47. The van der Waals surface area contributed by atoms with Gasteiger partial charge in [0.1, 0.15) is 5.60 Å². The van der Waals surface area contributed by atoms with Crippen LogP contribution >= 0.6 is 0 Å². The van der Waals surface area contributed by atoms with E-state index in [-0.39, 0.29) is 5.56 Å². The van der Waals surface area contributed by atoms with E-state index in [0.29, 0.717) is 0 Å². The number of hydrogen-bond donors (Lipinski definition) is 2. The highest BCUT2D eigenvalue weighted by Crippen LogP contribution is 2.47. The smallest absolute Gasteiger partial charge is 0.335 e. The van der Waals surface area contributed by atoms with Crippen LogP contribution in [0.3, 0.4) is 0 Å². The van der Waals surface area contributed by atoms with Gasteiger partial charge in [-0.25, -0.2) is 4.79 Å². The zero-order valence-electron chi connectivity index (χ0n) is 9.84. The molecule has 0 bridgehead atoms. The number of carboxylic acid groups (broad SMARTS) is 1. The number of rotatable bonds is 1. The predicted molar refractivity (Wildman–Crippen MR) is 67.5 cm³/mol. The molecule has 1 aliphatic carbocycles. The average molecular weight is 240 g/mol. The van der Waals surface area contributed by atoms with E-state index in [9.17, 15) is 9.90 Å². The summed E-state index contributed by atoms with van der Waals surface area (Å²) in [6, 6.07) is 12.4. The first-order valence-electron chi connectivity index (χ1n) is 5.72. The molecular formula is C15H12O3. The molecule has 2 aromatic rings. The lowest BCUT2D eigenvalue weighted by Gasteiger charge is -2.19. The zero-order chi connectivity index (χ0) is 12.9. The number of aromatic carboxylic acids is 1. The van der Waals surface area contributed by atoms with Gasteiger partial charge in [-0.3, -0.25) is 0 Å². The normalized spacial score (nSPS) is 20.3. The van der Waals surface area contributed by atoms with Crippen molar-refractivity contribution >= 4 is 5.97 Å². The van der Waals surface area contributed by atoms with Gasteiger partial charge in [0, 0.05) is 0 Å². The standard InChI is InChI=1S/C15H12O3/c1-15(18)12-5-3-2-4-10(12)11-8-9(14(16)17)6-7-13(11)15/h2-8,18H,1H3,(H,16,17). The molecule has 3 rings (SSSR count). The first-order chi connectivity index (χ1) is 8.51. The summed E-state index contributed by atoms with van der Waals surface area (Å²) in [6.07, 6.45) is 0. The van der Waals surface area contributed by atoms with E-state index in [0.717, 1.165) is 22.3 Å². The van der Waals surface area contributed by atoms with Crippen molar-refractivity contribution in [3.8, 4) is 11.1 Å². The molecule has 18 heavy (non-hydrogen) atoms. The monoisotopic (exact) mass is 240 g/mol. The lowest BCUT2D eigenvalue weighted by atomic mass is 9.93. The van der Waals surface area contributed by atoms with Crippen LogP contribution in [-0.4, -0.2) is 16.2 Å². The van der Waals surface area contributed by atoms with Crippen LogP contribution in [0.4, 0.5) is 0 Å². The minimum atomic E-state index is -1.05. The number of benzene rings is 2. The third kappa shape index (κ3) is 1.31. The van der Waals surface area contributed by atoms with Crippen LogP contribution in [0, 0.1) is 0 Å². The molecule has 3 nitrogen and oxygen atoms in total. The molecule has 0 aromatic heterocycles. The van der Waals surface area contributed by atoms with Gasteiger partial charge in [0.2, 0.25) is 0 Å². The Kier molecular flexibility index (Phi) is 2.10. The number of hydrogen-bond acceptors (Lipinski definition) is 2. The summed E-state index contributed by atoms with van der Waals surface area (Å²) >= 11 is 0. The maximum Gasteiger partial charge on any atom is 0.335 e. The predicted octanol–water partition coefficient (Wildman–Crippen LogP) is 2.62. The Hall–Kier alpha value is -2.13. The minimum Gasteiger partial charge on any atom is -0.478 e. The summed E-state index contributed by atoms with van der Waals surface area (Å²) in [5, 5.41) is 19.6. The zero-order valence-corrected chi connectivity index (χ0v) is 9.84. The van der Waals surface area contributed by atoms with Crippen molar-refractivity contribution in [2.75, 3.05) is 0 Å². The van der Waals surface area contributed by atoms with Crippen molar-refractivity contribution in [3.63, 3.8) is 0 Å². The van der Waals surface area contributed by atoms with Gasteiger partial charge in [0.15, 0.2) is 0 Å². The van der Waals surface area contributed by atoms with Crippen molar-refractivity contribution < 1.29 is 15.0 Å². The Labute approximate surface area is 104 Å². The summed E-state index contributed by atoms with van der Waals surface area (Å²) in [5.74, 6) is -0.957.